The van der Waals surface area contributed by atoms with Crippen molar-refractivity contribution in [2.75, 3.05) is 19.0 Å². The van der Waals surface area contributed by atoms with Gasteiger partial charge < -0.3 is 15.4 Å². The first-order valence-corrected chi connectivity index (χ1v) is 7.96. The zero-order valence-corrected chi connectivity index (χ0v) is 14.2. The molecule has 0 unspecified atom stereocenters. The number of fused-ring (bicyclic) bond motifs is 1. The van der Waals surface area contributed by atoms with Crippen molar-refractivity contribution in [1.29, 1.82) is 0 Å². The predicted octanol–water partition coefficient (Wildman–Crippen LogP) is 2.51. The van der Waals surface area contributed by atoms with Crippen molar-refractivity contribution >= 4 is 23.0 Å². The van der Waals surface area contributed by atoms with Gasteiger partial charge in [0, 0.05) is 12.7 Å². The molecule has 0 atom stereocenters. The van der Waals surface area contributed by atoms with E-state index < -0.39 is 5.91 Å². The molecule has 0 aliphatic heterocycles. The number of carbonyl (C=O) groups excluding carboxylic acids is 2. The number of hydrogen-bond acceptors (Lipinski definition) is 4. The first-order chi connectivity index (χ1) is 12.7. The summed E-state index contributed by atoms with van der Waals surface area (Å²) in [6.45, 7) is 3.88. The zero-order chi connectivity index (χ0) is 18.5. The molecule has 0 fully saturated rings. The lowest BCUT2D eigenvalue weighted by Gasteiger charge is -2.08. The van der Waals surface area contributed by atoms with E-state index in [1.165, 1.54) is 7.11 Å². The largest absolute Gasteiger partial charge is 0.495 e. The lowest BCUT2D eigenvalue weighted by molar-refractivity contribution is 0.0947. The molecule has 0 radical (unpaired) electrons. The topological polar surface area (TPSA) is 84.7 Å². The van der Waals surface area contributed by atoms with E-state index in [0.29, 0.717) is 23.5 Å². The van der Waals surface area contributed by atoms with Crippen molar-refractivity contribution in [3.8, 4) is 5.75 Å². The fourth-order valence-corrected chi connectivity index (χ4v) is 2.54. The van der Waals surface area contributed by atoms with E-state index in [0.717, 1.165) is 0 Å². The second kappa shape index (κ2) is 7.52. The predicted molar refractivity (Wildman–Crippen MR) is 98.7 cm³/mol. The van der Waals surface area contributed by atoms with E-state index in [1.807, 2.05) is 6.07 Å². The first-order valence-electron chi connectivity index (χ1n) is 7.96. The van der Waals surface area contributed by atoms with Crippen LogP contribution in [0.5, 0.6) is 5.75 Å². The third-order valence-corrected chi connectivity index (χ3v) is 3.73. The third-order valence-electron chi connectivity index (χ3n) is 3.73. The summed E-state index contributed by atoms with van der Waals surface area (Å²) < 4.78 is 6.82. The molecule has 0 aliphatic carbocycles. The molecule has 2 amide bonds. The van der Waals surface area contributed by atoms with Crippen molar-refractivity contribution < 1.29 is 14.3 Å². The highest BCUT2D eigenvalue weighted by atomic mass is 16.5. The number of anilines is 1. The fourth-order valence-electron chi connectivity index (χ4n) is 2.54. The maximum atomic E-state index is 12.8. The number of imidazole rings is 1. The van der Waals surface area contributed by atoms with Crippen LogP contribution in [0.3, 0.4) is 0 Å². The summed E-state index contributed by atoms with van der Waals surface area (Å²) in [7, 11) is 1.53. The second-order valence-corrected chi connectivity index (χ2v) is 5.39. The number of rotatable bonds is 6. The normalized spacial score (nSPS) is 10.3. The summed E-state index contributed by atoms with van der Waals surface area (Å²) >= 11 is 0. The maximum absolute atomic E-state index is 12.8. The Bertz CT molecular complexity index is 978. The molecule has 2 aromatic heterocycles. The maximum Gasteiger partial charge on any atom is 0.287 e. The highest BCUT2D eigenvalue weighted by molar-refractivity contribution is 6.09. The van der Waals surface area contributed by atoms with Gasteiger partial charge in [-0.15, -0.1) is 6.58 Å². The molecular formula is C19H18N4O3. The number of benzene rings is 1. The smallest absolute Gasteiger partial charge is 0.287 e. The minimum atomic E-state index is -0.430. The molecule has 1 aromatic carbocycles. The van der Waals surface area contributed by atoms with Crippen molar-refractivity contribution in [2.45, 2.75) is 0 Å². The molecule has 7 nitrogen and oxygen atoms in total. The van der Waals surface area contributed by atoms with Crippen LogP contribution in [0.1, 0.15) is 21.1 Å². The average molecular weight is 350 g/mol. The van der Waals surface area contributed by atoms with Crippen molar-refractivity contribution in [1.82, 2.24) is 14.7 Å². The summed E-state index contributed by atoms with van der Waals surface area (Å²) in [5.41, 5.74) is 1.21. The van der Waals surface area contributed by atoms with Crippen LogP contribution in [0.25, 0.3) is 5.52 Å². The first kappa shape index (κ1) is 17.2. The van der Waals surface area contributed by atoms with Crippen LogP contribution in [0.15, 0.2) is 61.3 Å². The van der Waals surface area contributed by atoms with Crippen molar-refractivity contribution in [3.05, 3.63) is 72.8 Å². The second-order valence-electron chi connectivity index (χ2n) is 5.39. The third kappa shape index (κ3) is 3.27. The van der Waals surface area contributed by atoms with Crippen LogP contribution >= 0.6 is 0 Å². The Hall–Kier alpha value is -3.61. The van der Waals surface area contributed by atoms with E-state index in [2.05, 4.69) is 22.2 Å². The highest BCUT2D eigenvalue weighted by Gasteiger charge is 2.21. The number of ether oxygens (including phenoxy) is 1. The molecule has 0 saturated carbocycles. The Labute approximate surface area is 150 Å². The molecule has 0 bridgehead atoms. The quantitative estimate of drug-likeness (QED) is 0.669. The average Bonchev–Trinajstić information content (AvgIpc) is 3.06. The number of aromatic nitrogens is 2. The molecular weight excluding hydrogens is 332 g/mol. The van der Waals surface area contributed by atoms with Gasteiger partial charge in [0.25, 0.3) is 11.8 Å². The Morgan fingerprint density at radius 2 is 1.96 bits per heavy atom. The van der Waals surface area contributed by atoms with Gasteiger partial charge in [0.05, 0.1) is 18.3 Å². The molecule has 0 aliphatic rings. The molecule has 3 rings (SSSR count). The molecule has 0 saturated heterocycles. The molecule has 3 aromatic rings. The number of pyridine rings is 1. The van der Waals surface area contributed by atoms with Gasteiger partial charge in [0.15, 0.2) is 5.69 Å². The van der Waals surface area contributed by atoms with Crippen LogP contribution in [0.4, 0.5) is 5.69 Å². The molecule has 7 heteroatoms. The van der Waals surface area contributed by atoms with Crippen molar-refractivity contribution in [2.24, 2.45) is 0 Å². The number of para-hydroxylation sites is 2. The van der Waals surface area contributed by atoms with Gasteiger partial charge in [-0.2, -0.15) is 0 Å². The summed E-state index contributed by atoms with van der Waals surface area (Å²) in [6.07, 6.45) is 3.26. The Morgan fingerprint density at radius 3 is 2.73 bits per heavy atom. The van der Waals surface area contributed by atoms with Crippen LogP contribution < -0.4 is 15.4 Å². The lowest BCUT2D eigenvalue weighted by Crippen LogP contribution is -2.25. The van der Waals surface area contributed by atoms with E-state index in [9.17, 15) is 9.59 Å². The zero-order valence-electron chi connectivity index (χ0n) is 14.2. The number of nitrogens with one attached hydrogen (secondary N) is 2. The van der Waals surface area contributed by atoms with Crippen LogP contribution in [0.2, 0.25) is 0 Å². The number of amides is 2. The van der Waals surface area contributed by atoms with Crippen LogP contribution in [0, 0.1) is 0 Å². The Kier molecular flexibility index (Phi) is 4.98. The fraction of sp³-hybridized carbons (Fsp3) is 0.105. The van der Waals surface area contributed by atoms with Gasteiger partial charge in [-0.3, -0.25) is 14.0 Å². The van der Waals surface area contributed by atoms with Crippen LogP contribution in [-0.2, 0) is 0 Å². The van der Waals surface area contributed by atoms with Gasteiger partial charge in [-0.25, -0.2) is 4.98 Å². The van der Waals surface area contributed by atoms with Gasteiger partial charge in [0.1, 0.15) is 5.75 Å². The molecule has 132 valence electrons. The minimum Gasteiger partial charge on any atom is -0.495 e. The van der Waals surface area contributed by atoms with Gasteiger partial charge in [0.2, 0.25) is 5.82 Å². The summed E-state index contributed by atoms with van der Waals surface area (Å²) in [5.74, 6) is -0.149. The van der Waals surface area contributed by atoms with Gasteiger partial charge in [-0.05, 0) is 24.3 Å². The van der Waals surface area contributed by atoms with Crippen molar-refractivity contribution in [3.63, 3.8) is 0 Å². The summed E-state index contributed by atoms with van der Waals surface area (Å²) in [5, 5.41) is 5.45. The van der Waals surface area contributed by atoms with E-state index >= 15 is 0 Å². The lowest BCUT2D eigenvalue weighted by atomic mass is 10.2. The van der Waals surface area contributed by atoms with Gasteiger partial charge in [-0.1, -0.05) is 24.3 Å². The van der Waals surface area contributed by atoms with E-state index in [4.69, 9.17) is 4.74 Å². The highest BCUT2D eigenvalue weighted by Crippen LogP contribution is 2.24. The Morgan fingerprint density at radius 1 is 1.19 bits per heavy atom. The standard InChI is InChI=1S/C19H18N4O3/c1-3-11-20-19(25)17-22-16(14-9-6-7-12-23(14)17)18(24)21-13-8-4-5-10-15(13)26-2/h3-10,12H,1,11H2,2H3,(H,20,25)(H,21,24). The summed E-state index contributed by atoms with van der Waals surface area (Å²) in [4.78, 5) is 29.3. The molecule has 2 heterocycles. The van der Waals surface area contributed by atoms with Crippen LogP contribution in [-0.4, -0.2) is 34.9 Å². The molecule has 26 heavy (non-hydrogen) atoms. The number of carbonyl (C=O) groups is 2. The SMILES string of the molecule is C=CCNC(=O)c1nc(C(=O)Nc2ccccc2OC)c2ccccn12. The summed E-state index contributed by atoms with van der Waals surface area (Å²) in [6, 6.07) is 12.3. The number of methoxy groups -OCH3 is 1. The van der Waals surface area contributed by atoms with E-state index in [1.54, 1.807) is 53.1 Å². The van der Waals surface area contributed by atoms with E-state index in [-0.39, 0.29) is 17.4 Å². The van der Waals surface area contributed by atoms with Gasteiger partial charge >= 0.3 is 0 Å². The molecule has 0 spiro atoms. The number of nitrogens with zero attached hydrogens (tertiary/aromatic N) is 2. The molecule has 2 N–H and O–H groups in total. The number of hydrogen-bond donors (Lipinski definition) is 2. The minimum absolute atomic E-state index is 0.132. The Balaban J connectivity index is 1.98. The monoisotopic (exact) mass is 350 g/mol.